The molecule has 0 radical (unpaired) electrons. The minimum atomic E-state index is -1.49. The number of carbonyl (C=O) groups excluding carboxylic acids is 2. The number of hydrogen-bond donors (Lipinski definition) is 4. The molecule has 4 N–H and O–H groups in total. The van der Waals surface area contributed by atoms with E-state index in [4.69, 9.17) is 9.47 Å². The molecule has 0 aliphatic carbocycles. The SMILES string of the molecule is COC1=C(C#CC2(PN3Cc4ccc(OC)cc4C3=O)NC(=O)NC2O)N=CC(C(=NCO)N2CCN(c3cnccn3)CC2)C1C. The zero-order valence-electron chi connectivity index (χ0n) is 26.2. The molecule has 0 spiro atoms. The van der Waals surface area contributed by atoms with Gasteiger partial charge in [0.1, 0.15) is 29.9 Å². The number of urea groups is 1. The Balaban J connectivity index is 1.22. The Morgan fingerprint density at radius 2 is 2.00 bits per heavy atom. The van der Waals surface area contributed by atoms with Gasteiger partial charge in [-0.1, -0.05) is 18.9 Å². The third-order valence-electron chi connectivity index (χ3n) is 8.58. The summed E-state index contributed by atoms with van der Waals surface area (Å²) in [6, 6.07) is 4.69. The Labute approximate surface area is 273 Å². The largest absolute Gasteiger partial charge is 0.498 e. The van der Waals surface area contributed by atoms with Gasteiger partial charge in [0.05, 0.1) is 32.9 Å². The minimum absolute atomic E-state index is 0.246. The van der Waals surface area contributed by atoms with Crippen molar-refractivity contribution in [3.05, 3.63) is 59.4 Å². The number of ether oxygens (including phenoxy) is 2. The second-order valence-electron chi connectivity index (χ2n) is 11.3. The first-order chi connectivity index (χ1) is 22.8. The van der Waals surface area contributed by atoms with E-state index < -0.39 is 26.3 Å². The summed E-state index contributed by atoms with van der Waals surface area (Å²) in [7, 11) is 2.65. The zero-order valence-corrected chi connectivity index (χ0v) is 27.2. The van der Waals surface area contributed by atoms with Crippen LogP contribution >= 0.6 is 8.73 Å². The molecule has 47 heavy (non-hydrogen) atoms. The van der Waals surface area contributed by atoms with Crippen LogP contribution in [0.1, 0.15) is 22.8 Å². The third-order valence-corrected chi connectivity index (χ3v) is 10.1. The molecule has 4 aliphatic heterocycles. The van der Waals surface area contributed by atoms with Crippen LogP contribution in [0.3, 0.4) is 0 Å². The van der Waals surface area contributed by atoms with Gasteiger partial charge in [-0.2, -0.15) is 0 Å². The third kappa shape index (κ3) is 6.32. The van der Waals surface area contributed by atoms with E-state index in [0.29, 0.717) is 61.3 Å². The fourth-order valence-corrected chi connectivity index (χ4v) is 7.48. The first-order valence-corrected chi connectivity index (χ1v) is 16.0. The molecule has 2 saturated heterocycles. The second-order valence-corrected chi connectivity index (χ2v) is 12.8. The lowest BCUT2D eigenvalue weighted by Crippen LogP contribution is -2.52. The van der Waals surface area contributed by atoms with Crippen LogP contribution < -0.4 is 20.3 Å². The Bertz CT molecular complexity index is 1680. The van der Waals surface area contributed by atoms with Crippen molar-refractivity contribution in [3.8, 4) is 17.6 Å². The lowest BCUT2D eigenvalue weighted by atomic mass is 9.88. The van der Waals surface area contributed by atoms with Crippen LogP contribution in [0, 0.1) is 23.7 Å². The number of aliphatic hydroxyl groups excluding tert-OH is 2. The highest BCUT2D eigenvalue weighted by atomic mass is 31.1. The van der Waals surface area contributed by atoms with Crippen LogP contribution in [0.5, 0.6) is 5.75 Å². The second kappa shape index (κ2) is 13.5. The van der Waals surface area contributed by atoms with Crippen molar-refractivity contribution in [2.24, 2.45) is 21.8 Å². The molecule has 15 nitrogen and oxygen atoms in total. The smallest absolute Gasteiger partial charge is 0.318 e. The standard InChI is InChI=1S/C31H36N9O6P/c1-19-23(27(35-18-41)39-12-10-38(11-13-39)25-16-32-8-9-33-25)15-34-24(26(19)46-3)6-7-31(29(43)36-30(44)37-31)47-40-17-20-4-5-21(45-2)14-22(20)28(40)42/h4-5,8-9,14-16,19,23,29,41,43,47H,10-13,17-18H2,1-3H3,(H2,36,37,44). The number of amides is 3. The summed E-state index contributed by atoms with van der Waals surface area (Å²) in [5.74, 6) is 7.80. The molecular weight excluding hydrogens is 625 g/mol. The number of nitrogens with one attached hydrogen (secondary N) is 2. The maximum absolute atomic E-state index is 13.3. The van der Waals surface area contributed by atoms with Crippen molar-refractivity contribution in [2.75, 3.05) is 52.0 Å². The Hall–Kier alpha value is -4.77. The number of benzene rings is 1. The van der Waals surface area contributed by atoms with Gasteiger partial charge in [-0.3, -0.25) is 9.78 Å². The molecule has 5 unspecified atom stereocenters. The number of allylic oxidation sites excluding steroid dienone is 2. The lowest BCUT2D eigenvalue weighted by Gasteiger charge is -2.40. The lowest BCUT2D eigenvalue weighted by molar-refractivity contribution is 0.0878. The molecule has 5 heterocycles. The highest BCUT2D eigenvalue weighted by Gasteiger charge is 2.48. The monoisotopic (exact) mass is 661 g/mol. The van der Waals surface area contributed by atoms with E-state index in [0.717, 1.165) is 11.4 Å². The molecule has 0 bridgehead atoms. The summed E-state index contributed by atoms with van der Waals surface area (Å²) in [6.07, 6.45) is 5.40. The molecule has 1 aromatic carbocycles. The summed E-state index contributed by atoms with van der Waals surface area (Å²) in [4.78, 5) is 47.7. The zero-order chi connectivity index (χ0) is 33.1. The molecule has 16 heteroatoms. The number of piperazine rings is 1. The Morgan fingerprint density at radius 3 is 2.66 bits per heavy atom. The molecule has 2 aromatic rings. The minimum Gasteiger partial charge on any atom is -0.498 e. The summed E-state index contributed by atoms with van der Waals surface area (Å²) in [5.41, 5.74) is 1.64. The summed E-state index contributed by atoms with van der Waals surface area (Å²) in [5, 5.41) is 24.5. The van der Waals surface area contributed by atoms with Gasteiger partial charge in [0.25, 0.3) is 5.91 Å². The van der Waals surface area contributed by atoms with Gasteiger partial charge < -0.3 is 44.8 Å². The highest BCUT2D eigenvalue weighted by molar-refractivity contribution is 7.39. The average molecular weight is 662 g/mol. The van der Waals surface area contributed by atoms with E-state index in [2.05, 4.69) is 52.2 Å². The van der Waals surface area contributed by atoms with Crippen LogP contribution in [0.25, 0.3) is 0 Å². The van der Waals surface area contributed by atoms with Crippen LogP contribution in [0.15, 0.2) is 58.2 Å². The normalized spacial score (nSPS) is 25.9. The molecule has 3 amide bonds. The van der Waals surface area contributed by atoms with Crippen LogP contribution in [-0.2, 0) is 11.3 Å². The van der Waals surface area contributed by atoms with E-state index in [9.17, 15) is 19.8 Å². The molecule has 1 aromatic heterocycles. The molecule has 0 saturated carbocycles. The number of carbonyl (C=O) groups is 2. The molecule has 2 fully saturated rings. The van der Waals surface area contributed by atoms with Gasteiger partial charge >= 0.3 is 6.03 Å². The van der Waals surface area contributed by atoms with Crippen LogP contribution in [0.4, 0.5) is 10.6 Å². The number of hydrogen-bond acceptors (Lipinski definition) is 11. The Morgan fingerprint density at radius 1 is 1.19 bits per heavy atom. The molecule has 246 valence electrons. The summed E-state index contributed by atoms with van der Waals surface area (Å²) >= 11 is 0. The predicted molar refractivity (Wildman–Crippen MR) is 175 cm³/mol. The van der Waals surface area contributed by atoms with Crippen molar-refractivity contribution in [2.45, 2.75) is 25.0 Å². The van der Waals surface area contributed by atoms with E-state index in [-0.39, 0.29) is 24.5 Å². The van der Waals surface area contributed by atoms with Crippen molar-refractivity contribution in [1.82, 2.24) is 30.2 Å². The molecule has 6 rings (SSSR count). The average Bonchev–Trinajstić information content (AvgIpc) is 3.55. The molecule has 5 atom stereocenters. The number of nitrogens with zero attached hydrogens (tertiary/aromatic N) is 7. The van der Waals surface area contributed by atoms with E-state index in [1.165, 1.54) is 14.2 Å². The number of aliphatic hydroxyl groups is 2. The van der Waals surface area contributed by atoms with Crippen molar-refractivity contribution in [1.29, 1.82) is 0 Å². The van der Waals surface area contributed by atoms with E-state index in [1.54, 1.807) is 41.6 Å². The van der Waals surface area contributed by atoms with E-state index >= 15 is 0 Å². The van der Waals surface area contributed by atoms with E-state index in [1.807, 2.05) is 13.0 Å². The Kier molecular flexibility index (Phi) is 9.26. The number of anilines is 1. The van der Waals surface area contributed by atoms with Gasteiger partial charge in [0, 0.05) is 65.0 Å². The number of aromatic nitrogens is 2. The summed E-state index contributed by atoms with van der Waals surface area (Å²) < 4.78 is 12.6. The topological polar surface area (TPSA) is 177 Å². The van der Waals surface area contributed by atoms with Crippen molar-refractivity contribution < 1.29 is 29.3 Å². The maximum atomic E-state index is 13.3. The van der Waals surface area contributed by atoms with Gasteiger partial charge in [-0.15, -0.1) is 0 Å². The fourth-order valence-electron chi connectivity index (χ4n) is 6.10. The van der Waals surface area contributed by atoms with Gasteiger partial charge in [-0.05, 0) is 23.6 Å². The number of methoxy groups -OCH3 is 2. The van der Waals surface area contributed by atoms with Crippen LogP contribution in [0.2, 0.25) is 0 Å². The van der Waals surface area contributed by atoms with Crippen molar-refractivity contribution >= 4 is 38.5 Å². The predicted octanol–water partition coefficient (Wildman–Crippen LogP) is 0.731. The number of aliphatic imine (C=N–C) groups is 2. The number of fused-ring (bicyclic) bond motifs is 1. The maximum Gasteiger partial charge on any atom is 0.318 e. The van der Waals surface area contributed by atoms with Crippen molar-refractivity contribution in [3.63, 3.8) is 0 Å². The molecular formula is C31H36N9O6P. The number of amidine groups is 1. The number of rotatable bonds is 7. The quantitative estimate of drug-likeness (QED) is 0.143. The van der Waals surface area contributed by atoms with Crippen LogP contribution in [-0.4, -0.2) is 112 Å². The fraction of sp³-hybridized carbons (Fsp3) is 0.419. The first-order valence-electron chi connectivity index (χ1n) is 15.1. The first kappa shape index (κ1) is 32.2. The van der Waals surface area contributed by atoms with Gasteiger partial charge in [0.2, 0.25) is 0 Å². The van der Waals surface area contributed by atoms with Gasteiger partial charge in [-0.25, -0.2) is 19.8 Å². The summed E-state index contributed by atoms with van der Waals surface area (Å²) in [6.45, 7) is 4.61. The molecule has 4 aliphatic rings. The highest BCUT2D eigenvalue weighted by Crippen LogP contribution is 2.43. The van der Waals surface area contributed by atoms with Gasteiger partial charge in [0.15, 0.2) is 17.2 Å².